The second-order valence-corrected chi connectivity index (χ2v) is 7.95. The van der Waals surface area contributed by atoms with Crippen LogP contribution in [-0.4, -0.2) is 55.0 Å². The van der Waals surface area contributed by atoms with Gasteiger partial charge in [-0.15, -0.1) is 0 Å². The molecule has 3 aliphatic rings. The number of hydrogen-bond acceptors (Lipinski definition) is 4. The standard InChI is InChI=1S/C21H29N3O3/c25-19-8-4-7-18-16-11-17(13-22-12-16)20(24(18)19)21(26)23-9-10-27-14-15-5-2-1-3-6-15/h1-3,5-6,16-18,20,22H,4,7-14H2,(H,23,26)/t16-,17+,18+,20-/m1/s1. The number of nitrogens with one attached hydrogen (secondary N) is 2. The summed E-state index contributed by atoms with van der Waals surface area (Å²) in [5.41, 5.74) is 1.12. The minimum absolute atomic E-state index is 0.0225. The molecular formula is C21H29N3O3. The number of amides is 2. The van der Waals surface area contributed by atoms with Gasteiger partial charge in [-0.3, -0.25) is 9.59 Å². The predicted octanol–water partition coefficient (Wildman–Crippen LogP) is 1.31. The van der Waals surface area contributed by atoms with Gasteiger partial charge in [0.1, 0.15) is 6.04 Å². The molecule has 2 bridgehead atoms. The van der Waals surface area contributed by atoms with E-state index in [0.717, 1.165) is 37.9 Å². The fraction of sp³-hybridized carbons (Fsp3) is 0.619. The lowest BCUT2D eigenvalue weighted by molar-refractivity contribution is -0.157. The molecule has 3 aliphatic heterocycles. The van der Waals surface area contributed by atoms with E-state index in [4.69, 9.17) is 4.74 Å². The molecule has 0 aromatic heterocycles. The van der Waals surface area contributed by atoms with Gasteiger partial charge in [0, 0.05) is 31.5 Å². The fourth-order valence-electron chi connectivity index (χ4n) is 4.97. The predicted molar refractivity (Wildman–Crippen MR) is 102 cm³/mol. The first-order chi connectivity index (χ1) is 13.2. The summed E-state index contributed by atoms with van der Waals surface area (Å²) in [5.74, 6) is 0.840. The number of fused-ring (bicyclic) bond motifs is 4. The van der Waals surface area contributed by atoms with E-state index in [1.807, 2.05) is 35.2 Å². The van der Waals surface area contributed by atoms with Crippen molar-refractivity contribution < 1.29 is 14.3 Å². The molecule has 0 unspecified atom stereocenters. The van der Waals surface area contributed by atoms with Crippen LogP contribution in [0, 0.1) is 11.8 Å². The van der Waals surface area contributed by atoms with Gasteiger partial charge in [0.05, 0.1) is 13.2 Å². The molecule has 4 atom stereocenters. The Kier molecular flexibility index (Phi) is 5.74. The van der Waals surface area contributed by atoms with E-state index in [9.17, 15) is 9.59 Å². The topological polar surface area (TPSA) is 70.7 Å². The van der Waals surface area contributed by atoms with Crippen LogP contribution < -0.4 is 10.6 Å². The SMILES string of the molecule is O=C(NCCOCc1ccccc1)[C@H]1[C@@H]2CNC[C@@H](C2)[C@@H]2CCCC(=O)N21. The summed E-state index contributed by atoms with van der Waals surface area (Å²) >= 11 is 0. The van der Waals surface area contributed by atoms with Gasteiger partial charge in [0.15, 0.2) is 0 Å². The van der Waals surface area contributed by atoms with E-state index < -0.39 is 0 Å². The van der Waals surface area contributed by atoms with Crippen molar-refractivity contribution in [2.24, 2.45) is 11.8 Å². The third-order valence-corrected chi connectivity index (χ3v) is 6.17. The van der Waals surface area contributed by atoms with Crippen LogP contribution in [0.2, 0.25) is 0 Å². The molecular weight excluding hydrogens is 342 g/mol. The monoisotopic (exact) mass is 371 g/mol. The maximum absolute atomic E-state index is 12.9. The third kappa shape index (κ3) is 4.01. The van der Waals surface area contributed by atoms with Crippen LogP contribution in [0.15, 0.2) is 30.3 Å². The smallest absolute Gasteiger partial charge is 0.243 e. The molecule has 3 heterocycles. The molecule has 146 valence electrons. The lowest BCUT2D eigenvalue weighted by Gasteiger charge is -2.53. The van der Waals surface area contributed by atoms with Crippen LogP contribution >= 0.6 is 0 Å². The Morgan fingerprint density at radius 3 is 2.89 bits per heavy atom. The maximum atomic E-state index is 12.9. The highest BCUT2D eigenvalue weighted by atomic mass is 16.5. The average molecular weight is 371 g/mol. The van der Waals surface area contributed by atoms with Crippen LogP contribution in [0.5, 0.6) is 0 Å². The van der Waals surface area contributed by atoms with E-state index in [0.29, 0.717) is 32.1 Å². The van der Waals surface area contributed by atoms with Crippen molar-refractivity contribution in [2.75, 3.05) is 26.2 Å². The summed E-state index contributed by atoms with van der Waals surface area (Å²) < 4.78 is 5.66. The molecule has 2 amide bonds. The van der Waals surface area contributed by atoms with Crippen molar-refractivity contribution in [3.63, 3.8) is 0 Å². The molecule has 1 aromatic rings. The third-order valence-electron chi connectivity index (χ3n) is 6.17. The number of rotatable bonds is 6. The van der Waals surface area contributed by atoms with Gasteiger partial charge in [-0.1, -0.05) is 30.3 Å². The Hall–Kier alpha value is -1.92. The van der Waals surface area contributed by atoms with Gasteiger partial charge in [0.2, 0.25) is 11.8 Å². The Balaban J connectivity index is 1.31. The fourth-order valence-corrected chi connectivity index (χ4v) is 4.97. The Morgan fingerprint density at radius 2 is 2.04 bits per heavy atom. The summed E-state index contributed by atoms with van der Waals surface area (Å²) in [6.07, 6.45) is 3.59. The molecule has 1 aromatic carbocycles. The van der Waals surface area contributed by atoms with Crippen LogP contribution in [0.1, 0.15) is 31.2 Å². The number of nitrogens with zero attached hydrogens (tertiary/aromatic N) is 1. The van der Waals surface area contributed by atoms with Crippen LogP contribution in [-0.2, 0) is 20.9 Å². The molecule has 0 saturated carbocycles. The minimum Gasteiger partial charge on any atom is -0.375 e. The number of hydrogen-bond donors (Lipinski definition) is 2. The molecule has 0 aliphatic carbocycles. The normalized spacial score (nSPS) is 29.9. The van der Waals surface area contributed by atoms with Crippen LogP contribution in [0.3, 0.4) is 0 Å². The van der Waals surface area contributed by atoms with Crippen molar-refractivity contribution in [3.8, 4) is 0 Å². The van der Waals surface area contributed by atoms with Crippen LogP contribution in [0.25, 0.3) is 0 Å². The number of carbonyl (C=O) groups is 2. The van der Waals surface area contributed by atoms with E-state index in [2.05, 4.69) is 10.6 Å². The first-order valence-electron chi connectivity index (χ1n) is 10.2. The second-order valence-electron chi connectivity index (χ2n) is 7.95. The average Bonchev–Trinajstić information content (AvgIpc) is 2.70. The molecule has 0 spiro atoms. The Labute approximate surface area is 160 Å². The molecule has 6 heteroatoms. The molecule has 0 radical (unpaired) electrons. The summed E-state index contributed by atoms with van der Waals surface area (Å²) in [4.78, 5) is 27.5. The summed E-state index contributed by atoms with van der Waals surface area (Å²) in [5, 5.41) is 6.48. The largest absolute Gasteiger partial charge is 0.375 e. The molecule has 2 N–H and O–H groups in total. The number of carbonyl (C=O) groups excluding carboxylic acids is 2. The molecule has 4 rings (SSSR count). The Morgan fingerprint density at radius 1 is 1.22 bits per heavy atom. The van der Waals surface area contributed by atoms with E-state index in [1.54, 1.807) is 0 Å². The van der Waals surface area contributed by atoms with E-state index in [1.165, 1.54) is 0 Å². The molecule has 27 heavy (non-hydrogen) atoms. The number of piperidine rings is 3. The summed E-state index contributed by atoms with van der Waals surface area (Å²) in [7, 11) is 0. The van der Waals surface area contributed by atoms with Gasteiger partial charge in [-0.05, 0) is 37.3 Å². The molecule has 3 saturated heterocycles. The first-order valence-corrected chi connectivity index (χ1v) is 10.2. The zero-order valence-corrected chi connectivity index (χ0v) is 15.7. The van der Waals surface area contributed by atoms with Gasteiger partial charge >= 0.3 is 0 Å². The van der Waals surface area contributed by atoms with Gasteiger partial charge in [0.25, 0.3) is 0 Å². The van der Waals surface area contributed by atoms with Gasteiger partial charge in [-0.25, -0.2) is 0 Å². The highest BCUT2D eigenvalue weighted by molar-refractivity contribution is 5.89. The number of ether oxygens (including phenoxy) is 1. The summed E-state index contributed by atoms with van der Waals surface area (Å²) in [6.45, 7) is 3.26. The Bertz CT molecular complexity index is 666. The van der Waals surface area contributed by atoms with Crippen molar-refractivity contribution in [3.05, 3.63) is 35.9 Å². The molecule has 3 fully saturated rings. The van der Waals surface area contributed by atoms with Crippen molar-refractivity contribution in [2.45, 2.75) is 44.4 Å². The van der Waals surface area contributed by atoms with Crippen LogP contribution in [0.4, 0.5) is 0 Å². The highest BCUT2D eigenvalue weighted by Gasteiger charge is 2.50. The van der Waals surface area contributed by atoms with E-state index in [-0.39, 0.29) is 29.8 Å². The van der Waals surface area contributed by atoms with E-state index >= 15 is 0 Å². The van der Waals surface area contributed by atoms with Crippen molar-refractivity contribution >= 4 is 11.8 Å². The highest BCUT2D eigenvalue weighted by Crippen LogP contribution is 2.39. The van der Waals surface area contributed by atoms with Crippen molar-refractivity contribution in [1.82, 2.24) is 15.5 Å². The first kappa shape index (κ1) is 18.4. The van der Waals surface area contributed by atoms with Crippen molar-refractivity contribution in [1.29, 1.82) is 0 Å². The lowest BCUT2D eigenvalue weighted by atomic mass is 9.72. The quantitative estimate of drug-likeness (QED) is 0.740. The molecule has 6 nitrogen and oxygen atoms in total. The second kappa shape index (κ2) is 8.40. The summed E-state index contributed by atoms with van der Waals surface area (Å²) in [6, 6.07) is 9.89. The zero-order chi connectivity index (χ0) is 18.6. The number of benzene rings is 1. The van der Waals surface area contributed by atoms with Gasteiger partial charge < -0.3 is 20.3 Å². The maximum Gasteiger partial charge on any atom is 0.243 e. The zero-order valence-electron chi connectivity index (χ0n) is 15.7. The van der Waals surface area contributed by atoms with Gasteiger partial charge in [-0.2, -0.15) is 0 Å². The lowest BCUT2D eigenvalue weighted by Crippen LogP contribution is -2.68. The minimum atomic E-state index is -0.332.